The second kappa shape index (κ2) is 4.06. The minimum atomic E-state index is 0.0975. The van der Waals surface area contributed by atoms with Crippen LogP contribution in [0.2, 0.25) is 0 Å². The molecule has 0 unspecified atom stereocenters. The van der Waals surface area contributed by atoms with Gasteiger partial charge in [0.25, 0.3) is 0 Å². The standard InChI is InChI=1S/C15H13NO/c17-15(11-4-2-1-3-5-11)13-6-7-14-12(10-13)8-9-16-14/h1-7,10,16H,8-9H2. The fraction of sp³-hybridized carbons (Fsp3) is 0.133. The number of fused-ring (bicyclic) bond motifs is 1. The zero-order valence-electron chi connectivity index (χ0n) is 9.44. The molecule has 0 aliphatic carbocycles. The Bertz CT molecular complexity index is 560. The molecular formula is C15H13NO. The molecule has 0 amide bonds. The van der Waals surface area contributed by atoms with Crippen LogP contribution in [0.5, 0.6) is 0 Å². The summed E-state index contributed by atoms with van der Waals surface area (Å²) in [5, 5.41) is 3.29. The lowest BCUT2D eigenvalue weighted by Crippen LogP contribution is -2.01. The second-order valence-corrected chi connectivity index (χ2v) is 4.24. The highest BCUT2D eigenvalue weighted by Gasteiger charge is 2.14. The van der Waals surface area contributed by atoms with E-state index in [0.29, 0.717) is 0 Å². The summed E-state index contributed by atoms with van der Waals surface area (Å²) in [6.07, 6.45) is 1.01. The Morgan fingerprint density at radius 1 is 1.00 bits per heavy atom. The number of rotatable bonds is 2. The van der Waals surface area contributed by atoms with Crippen LogP contribution in [0.1, 0.15) is 21.5 Å². The van der Waals surface area contributed by atoms with E-state index in [1.54, 1.807) is 0 Å². The van der Waals surface area contributed by atoms with Crippen LogP contribution in [0, 0.1) is 0 Å². The molecule has 0 spiro atoms. The molecule has 1 aliphatic heterocycles. The van der Waals surface area contributed by atoms with Crippen molar-refractivity contribution in [3.05, 3.63) is 65.2 Å². The molecular weight excluding hydrogens is 210 g/mol. The van der Waals surface area contributed by atoms with Gasteiger partial charge in [0.1, 0.15) is 0 Å². The lowest BCUT2D eigenvalue weighted by atomic mass is 10.0. The molecule has 1 N–H and O–H groups in total. The summed E-state index contributed by atoms with van der Waals surface area (Å²) in [4.78, 5) is 12.2. The van der Waals surface area contributed by atoms with Gasteiger partial charge in [0.05, 0.1) is 0 Å². The highest BCUT2D eigenvalue weighted by molar-refractivity contribution is 6.09. The van der Waals surface area contributed by atoms with Crippen molar-refractivity contribution < 1.29 is 4.79 Å². The molecule has 0 atom stereocenters. The molecule has 0 saturated heterocycles. The molecule has 0 aromatic heterocycles. The van der Waals surface area contributed by atoms with Gasteiger partial charge in [-0.25, -0.2) is 0 Å². The van der Waals surface area contributed by atoms with E-state index in [2.05, 4.69) is 5.32 Å². The maximum absolute atomic E-state index is 12.2. The van der Waals surface area contributed by atoms with E-state index in [1.165, 1.54) is 5.56 Å². The number of nitrogens with one attached hydrogen (secondary N) is 1. The van der Waals surface area contributed by atoms with Gasteiger partial charge in [0, 0.05) is 23.4 Å². The average Bonchev–Trinajstić information content (AvgIpc) is 2.86. The number of carbonyl (C=O) groups is 1. The van der Waals surface area contributed by atoms with Crippen LogP contribution >= 0.6 is 0 Å². The van der Waals surface area contributed by atoms with Crippen molar-refractivity contribution in [1.29, 1.82) is 0 Å². The summed E-state index contributed by atoms with van der Waals surface area (Å²) in [5.41, 5.74) is 3.93. The van der Waals surface area contributed by atoms with Crippen LogP contribution in [-0.4, -0.2) is 12.3 Å². The molecule has 0 bridgehead atoms. The van der Waals surface area contributed by atoms with Crippen molar-refractivity contribution in [2.24, 2.45) is 0 Å². The summed E-state index contributed by atoms with van der Waals surface area (Å²) < 4.78 is 0. The first-order valence-electron chi connectivity index (χ1n) is 5.81. The number of carbonyl (C=O) groups excluding carboxylic acids is 1. The third-order valence-corrected chi connectivity index (χ3v) is 3.11. The highest BCUT2D eigenvalue weighted by Crippen LogP contribution is 2.24. The molecule has 2 aromatic rings. The van der Waals surface area contributed by atoms with Gasteiger partial charge in [-0.3, -0.25) is 4.79 Å². The Morgan fingerprint density at radius 2 is 1.82 bits per heavy atom. The predicted octanol–water partition coefficient (Wildman–Crippen LogP) is 2.89. The Kier molecular flexibility index (Phi) is 2.41. The average molecular weight is 223 g/mol. The fourth-order valence-electron chi connectivity index (χ4n) is 2.20. The summed E-state index contributed by atoms with van der Waals surface area (Å²) in [6.45, 7) is 0.971. The van der Waals surface area contributed by atoms with E-state index >= 15 is 0 Å². The van der Waals surface area contributed by atoms with Crippen molar-refractivity contribution in [3.8, 4) is 0 Å². The first-order chi connectivity index (χ1) is 8.34. The van der Waals surface area contributed by atoms with Gasteiger partial charge < -0.3 is 5.32 Å². The molecule has 0 fully saturated rings. The van der Waals surface area contributed by atoms with E-state index in [-0.39, 0.29) is 5.78 Å². The van der Waals surface area contributed by atoms with E-state index in [4.69, 9.17) is 0 Å². The van der Waals surface area contributed by atoms with Crippen molar-refractivity contribution in [3.63, 3.8) is 0 Å². The minimum absolute atomic E-state index is 0.0975. The number of ketones is 1. The van der Waals surface area contributed by atoms with E-state index in [1.807, 2.05) is 48.5 Å². The zero-order chi connectivity index (χ0) is 11.7. The van der Waals surface area contributed by atoms with Crippen LogP contribution in [-0.2, 0) is 6.42 Å². The lowest BCUT2D eigenvalue weighted by molar-refractivity contribution is 0.103. The third-order valence-electron chi connectivity index (χ3n) is 3.11. The van der Waals surface area contributed by atoms with Crippen molar-refractivity contribution in [1.82, 2.24) is 0 Å². The normalized spacial score (nSPS) is 12.9. The van der Waals surface area contributed by atoms with Crippen molar-refractivity contribution >= 4 is 11.5 Å². The largest absolute Gasteiger partial charge is 0.384 e. The molecule has 0 radical (unpaired) electrons. The monoisotopic (exact) mass is 223 g/mol. The van der Waals surface area contributed by atoms with Crippen LogP contribution in [0.3, 0.4) is 0 Å². The van der Waals surface area contributed by atoms with Crippen LogP contribution in [0.25, 0.3) is 0 Å². The minimum Gasteiger partial charge on any atom is -0.384 e. The molecule has 3 rings (SSSR count). The molecule has 2 nitrogen and oxygen atoms in total. The molecule has 84 valence electrons. The molecule has 1 heterocycles. The van der Waals surface area contributed by atoms with Gasteiger partial charge in [-0.1, -0.05) is 30.3 Å². The zero-order valence-corrected chi connectivity index (χ0v) is 9.44. The van der Waals surface area contributed by atoms with E-state index in [9.17, 15) is 4.79 Å². The Morgan fingerprint density at radius 3 is 2.65 bits per heavy atom. The highest BCUT2D eigenvalue weighted by atomic mass is 16.1. The second-order valence-electron chi connectivity index (χ2n) is 4.24. The van der Waals surface area contributed by atoms with Crippen LogP contribution in [0.4, 0.5) is 5.69 Å². The predicted molar refractivity (Wildman–Crippen MR) is 68.5 cm³/mol. The number of hydrogen-bond donors (Lipinski definition) is 1. The molecule has 1 aliphatic rings. The number of hydrogen-bond acceptors (Lipinski definition) is 2. The molecule has 2 heteroatoms. The van der Waals surface area contributed by atoms with Gasteiger partial charge in [0.15, 0.2) is 5.78 Å². The Labute approximate surface area is 100 Å². The Hall–Kier alpha value is -2.09. The summed E-state index contributed by atoms with van der Waals surface area (Å²) in [7, 11) is 0. The first kappa shape index (κ1) is 10.1. The van der Waals surface area contributed by atoms with Crippen LogP contribution in [0.15, 0.2) is 48.5 Å². The van der Waals surface area contributed by atoms with Crippen LogP contribution < -0.4 is 5.32 Å². The van der Waals surface area contributed by atoms with E-state index in [0.717, 1.165) is 29.8 Å². The number of benzene rings is 2. The van der Waals surface area contributed by atoms with Gasteiger partial charge in [0.2, 0.25) is 0 Å². The lowest BCUT2D eigenvalue weighted by Gasteiger charge is -2.04. The van der Waals surface area contributed by atoms with Crippen molar-refractivity contribution in [2.45, 2.75) is 6.42 Å². The van der Waals surface area contributed by atoms with Gasteiger partial charge in [-0.05, 0) is 30.2 Å². The fourth-order valence-corrected chi connectivity index (χ4v) is 2.20. The molecule has 0 saturated carbocycles. The first-order valence-corrected chi connectivity index (χ1v) is 5.81. The molecule has 17 heavy (non-hydrogen) atoms. The van der Waals surface area contributed by atoms with Gasteiger partial charge in [-0.15, -0.1) is 0 Å². The number of anilines is 1. The maximum Gasteiger partial charge on any atom is 0.193 e. The van der Waals surface area contributed by atoms with Gasteiger partial charge >= 0.3 is 0 Å². The Balaban J connectivity index is 1.97. The van der Waals surface area contributed by atoms with Crippen molar-refractivity contribution in [2.75, 3.05) is 11.9 Å². The quantitative estimate of drug-likeness (QED) is 0.793. The molecule has 2 aromatic carbocycles. The summed E-state index contributed by atoms with van der Waals surface area (Å²) in [6, 6.07) is 15.3. The van der Waals surface area contributed by atoms with E-state index < -0.39 is 0 Å². The third kappa shape index (κ3) is 1.82. The topological polar surface area (TPSA) is 29.1 Å². The van der Waals surface area contributed by atoms with Gasteiger partial charge in [-0.2, -0.15) is 0 Å². The summed E-state index contributed by atoms with van der Waals surface area (Å²) >= 11 is 0. The SMILES string of the molecule is O=C(c1ccccc1)c1ccc2c(c1)CCN2. The maximum atomic E-state index is 12.2. The smallest absolute Gasteiger partial charge is 0.193 e. The summed E-state index contributed by atoms with van der Waals surface area (Å²) in [5.74, 6) is 0.0975.